The molecule has 0 atom stereocenters. The number of nitrogens with zero attached hydrogens (tertiary/aromatic N) is 3. The largest absolute Gasteiger partial charge is 0.481 e. The van der Waals surface area contributed by atoms with Crippen LogP contribution in [0.25, 0.3) is 11.4 Å². The fraction of sp³-hybridized carbons (Fsp3) is 0.292. The number of benzene rings is 2. The maximum atomic E-state index is 15.0. The number of piperidine rings is 1. The second-order valence-electron chi connectivity index (χ2n) is 8.05. The number of aliphatic carboxylic acids is 1. The highest BCUT2D eigenvalue weighted by molar-refractivity contribution is 5.67. The van der Waals surface area contributed by atoms with E-state index in [-0.39, 0.29) is 41.0 Å². The number of carboxylic acid groups (broad SMARTS) is 1. The van der Waals surface area contributed by atoms with Gasteiger partial charge < -0.3 is 14.7 Å². The van der Waals surface area contributed by atoms with E-state index in [1.807, 2.05) is 0 Å². The van der Waals surface area contributed by atoms with Gasteiger partial charge in [-0.2, -0.15) is 4.98 Å². The van der Waals surface area contributed by atoms with Crippen LogP contribution < -0.4 is 9.64 Å². The molecule has 172 valence electrons. The molecule has 1 fully saturated rings. The van der Waals surface area contributed by atoms with Crippen molar-refractivity contribution in [3.8, 4) is 23.0 Å². The zero-order valence-corrected chi connectivity index (χ0v) is 17.9. The normalized spacial score (nSPS) is 14.4. The monoisotopic (exact) mass is 457 g/mol. The molecule has 0 radical (unpaired) electrons. The summed E-state index contributed by atoms with van der Waals surface area (Å²) in [7, 11) is 0. The van der Waals surface area contributed by atoms with Crippen molar-refractivity contribution in [1.82, 2.24) is 9.97 Å². The zero-order valence-electron chi connectivity index (χ0n) is 17.9. The first-order valence-corrected chi connectivity index (χ1v) is 10.5. The highest BCUT2D eigenvalue weighted by Crippen LogP contribution is 2.33. The summed E-state index contributed by atoms with van der Waals surface area (Å²) in [6.07, 6.45) is 1.16. The quantitative estimate of drug-likeness (QED) is 0.538. The third-order valence-electron chi connectivity index (χ3n) is 5.52. The van der Waals surface area contributed by atoms with Crippen LogP contribution in [0.5, 0.6) is 11.6 Å². The standard InChI is InChI=1S/C24H22F3N3O3/c1-14-9-21(33-18-4-2-3-17(25)13-18)29-24(28-14)16-11-19(26)23(20(27)12-16)30-7-5-15(6-8-30)10-22(31)32/h2-4,9,11-13,15H,5-8,10H2,1H3,(H,31,32). The second kappa shape index (κ2) is 9.48. The van der Waals surface area contributed by atoms with Gasteiger partial charge in [0.1, 0.15) is 28.9 Å². The van der Waals surface area contributed by atoms with Gasteiger partial charge in [-0.15, -0.1) is 0 Å². The number of hydrogen-bond acceptors (Lipinski definition) is 5. The molecule has 1 aliphatic heterocycles. The molecule has 0 amide bonds. The highest BCUT2D eigenvalue weighted by atomic mass is 19.1. The molecule has 0 spiro atoms. The predicted molar refractivity (Wildman–Crippen MR) is 116 cm³/mol. The van der Waals surface area contributed by atoms with Crippen molar-refractivity contribution in [3.63, 3.8) is 0 Å². The minimum absolute atomic E-state index is 0.00125. The maximum Gasteiger partial charge on any atom is 0.303 e. The lowest BCUT2D eigenvalue weighted by Gasteiger charge is -2.33. The van der Waals surface area contributed by atoms with E-state index < -0.39 is 23.4 Å². The zero-order chi connectivity index (χ0) is 23.5. The van der Waals surface area contributed by atoms with Crippen molar-refractivity contribution in [2.75, 3.05) is 18.0 Å². The molecular formula is C24H22F3N3O3. The molecule has 0 saturated carbocycles. The topological polar surface area (TPSA) is 75.5 Å². The summed E-state index contributed by atoms with van der Waals surface area (Å²) < 4.78 is 49.0. The molecule has 9 heteroatoms. The maximum absolute atomic E-state index is 15.0. The predicted octanol–water partition coefficient (Wildman–Crippen LogP) is 5.35. The van der Waals surface area contributed by atoms with E-state index in [1.54, 1.807) is 17.9 Å². The second-order valence-corrected chi connectivity index (χ2v) is 8.05. The summed E-state index contributed by atoms with van der Waals surface area (Å²) >= 11 is 0. The number of hydrogen-bond donors (Lipinski definition) is 1. The van der Waals surface area contributed by atoms with Gasteiger partial charge in [0, 0.05) is 42.9 Å². The number of carboxylic acids is 1. The lowest BCUT2D eigenvalue weighted by Crippen LogP contribution is -2.35. The van der Waals surface area contributed by atoms with Crippen LogP contribution in [0.1, 0.15) is 25.0 Å². The lowest BCUT2D eigenvalue weighted by molar-refractivity contribution is -0.138. The Bertz CT molecular complexity index is 1160. The van der Waals surface area contributed by atoms with E-state index in [0.717, 1.165) is 0 Å². The van der Waals surface area contributed by atoms with E-state index in [0.29, 0.717) is 31.6 Å². The molecule has 6 nitrogen and oxygen atoms in total. The number of aromatic nitrogens is 2. The van der Waals surface area contributed by atoms with Gasteiger partial charge in [-0.25, -0.2) is 18.2 Å². The first kappa shape index (κ1) is 22.6. The molecule has 1 saturated heterocycles. The summed E-state index contributed by atoms with van der Waals surface area (Å²) in [5, 5.41) is 8.94. The van der Waals surface area contributed by atoms with E-state index in [9.17, 15) is 18.0 Å². The molecule has 1 aliphatic rings. The molecule has 4 rings (SSSR count). The number of anilines is 1. The molecule has 33 heavy (non-hydrogen) atoms. The summed E-state index contributed by atoms with van der Waals surface area (Å²) in [4.78, 5) is 21.0. The summed E-state index contributed by atoms with van der Waals surface area (Å²) in [5.41, 5.74) is 0.510. The van der Waals surface area contributed by atoms with Gasteiger partial charge in [-0.3, -0.25) is 4.79 Å². The Morgan fingerprint density at radius 3 is 2.42 bits per heavy atom. The van der Waals surface area contributed by atoms with Crippen molar-refractivity contribution < 1.29 is 27.8 Å². The molecule has 0 bridgehead atoms. The van der Waals surface area contributed by atoms with Crippen LogP contribution in [0, 0.1) is 30.3 Å². The van der Waals surface area contributed by atoms with Gasteiger partial charge in [0.05, 0.1) is 0 Å². The van der Waals surface area contributed by atoms with Crippen LogP contribution in [0.15, 0.2) is 42.5 Å². The first-order chi connectivity index (χ1) is 15.8. The van der Waals surface area contributed by atoms with E-state index >= 15 is 0 Å². The van der Waals surface area contributed by atoms with Crippen LogP contribution in [0.2, 0.25) is 0 Å². The van der Waals surface area contributed by atoms with Gasteiger partial charge in [0.15, 0.2) is 5.82 Å². The molecule has 2 aromatic carbocycles. The molecule has 3 aromatic rings. The van der Waals surface area contributed by atoms with Gasteiger partial charge in [-0.05, 0) is 49.9 Å². The molecular weight excluding hydrogens is 435 g/mol. The lowest BCUT2D eigenvalue weighted by atomic mass is 9.93. The van der Waals surface area contributed by atoms with Crippen molar-refractivity contribution in [2.45, 2.75) is 26.2 Å². The van der Waals surface area contributed by atoms with E-state index in [1.165, 1.54) is 36.4 Å². The Balaban J connectivity index is 1.57. The van der Waals surface area contributed by atoms with Crippen LogP contribution in [0.3, 0.4) is 0 Å². The van der Waals surface area contributed by atoms with Crippen molar-refractivity contribution in [2.24, 2.45) is 5.92 Å². The molecule has 2 heterocycles. The average Bonchev–Trinajstić information content (AvgIpc) is 2.73. The van der Waals surface area contributed by atoms with Crippen LogP contribution in [-0.2, 0) is 4.79 Å². The first-order valence-electron chi connectivity index (χ1n) is 10.5. The third kappa shape index (κ3) is 5.42. The van der Waals surface area contributed by atoms with E-state index in [2.05, 4.69) is 9.97 Å². The smallest absolute Gasteiger partial charge is 0.303 e. The van der Waals surface area contributed by atoms with Crippen molar-refractivity contribution >= 4 is 11.7 Å². The number of aryl methyl sites for hydroxylation is 1. The van der Waals surface area contributed by atoms with Crippen molar-refractivity contribution in [3.05, 3.63) is 65.6 Å². The highest BCUT2D eigenvalue weighted by Gasteiger charge is 2.26. The molecule has 0 aliphatic carbocycles. The summed E-state index contributed by atoms with van der Waals surface area (Å²) in [6, 6.07) is 9.42. The SMILES string of the molecule is Cc1cc(Oc2cccc(F)c2)nc(-c2cc(F)c(N3CCC(CC(=O)O)CC3)c(F)c2)n1. The summed E-state index contributed by atoms with van der Waals surface area (Å²) in [6.45, 7) is 2.43. The number of ether oxygens (including phenoxy) is 1. The van der Waals surface area contributed by atoms with Gasteiger partial charge in [0.2, 0.25) is 5.88 Å². The van der Waals surface area contributed by atoms with Crippen LogP contribution in [0.4, 0.5) is 18.9 Å². The third-order valence-corrected chi connectivity index (χ3v) is 5.52. The van der Waals surface area contributed by atoms with Crippen LogP contribution in [-0.4, -0.2) is 34.1 Å². The molecule has 0 unspecified atom stereocenters. The fourth-order valence-electron chi connectivity index (χ4n) is 3.98. The van der Waals surface area contributed by atoms with Crippen molar-refractivity contribution in [1.29, 1.82) is 0 Å². The number of rotatable bonds is 6. The number of carbonyl (C=O) groups is 1. The Morgan fingerprint density at radius 1 is 1.09 bits per heavy atom. The fourth-order valence-corrected chi connectivity index (χ4v) is 3.98. The average molecular weight is 457 g/mol. The Labute approximate surface area is 188 Å². The Morgan fingerprint density at radius 2 is 1.79 bits per heavy atom. The van der Waals surface area contributed by atoms with Gasteiger partial charge >= 0.3 is 5.97 Å². The van der Waals surface area contributed by atoms with Gasteiger partial charge in [-0.1, -0.05) is 6.07 Å². The van der Waals surface area contributed by atoms with E-state index in [4.69, 9.17) is 9.84 Å². The minimum atomic E-state index is -0.867. The minimum Gasteiger partial charge on any atom is -0.481 e. The van der Waals surface area contributed by atoms with Gasteiger partial charge in [0.25, 0.3) is 0 Å². The Hall–Kier alpha value is -3.62. The molecule has 1 N–H and O–H groups in total. The molecule has 1 aromatic heterocycles. The van der Waals surface area contributed by atoms with Crippen LogP contribution >= 0.6 is 0 Å². The Kier molecular flexibility index (Phi) is 6.48. The number of halogens is 3. The summed E-state index contributed by atoms with van der Waals surface area (Å²) in [5.74, 6) is -2.41.